The minimum absolute atomic E-state index is 0.00664. The lowest BCUT2D eigenvalue weighted by Gasteiger charge is -2.29. The minimum Gasteiger partial charge on any atom is -0.379 e. The molecular weight excluding hydrogens is 311 g/mol. The molecule has 1 N–H and O–H groups in total. The quantitative estimate of drug-likeness (QED) is 0.901. The van der Waals surface area contributed by atoms with E-state index in [-0.39, 0.29) is 17.8 Å². The van der Waals surface area contributed by atoms with Crippen LogP contribution < -0.4 is 5.32 Å². The van der Waals surface area contributed by atoms with Crippen molar-refractivity contribution in [1.29, 1.82) is 0 Å². The number of ether oxygens (including phenoxy) is 1. The summed E-state index contributed by atoms with van der Waals surface area (Å²) in [6.07, 6.45) is 3.06. The molecule has 3 rings (SSSR count). The standard InChI is InChI=1S/C17H21FN4O2/c1-13(11-21-6-8-24-9-7-21)20-17(23)16-10-19-12-22(16)15-4-2-14(18)3-5-15/h2-5,10,12-13H,6-9,11H2,1H3,(H,20,23). The first-order chi connectivity index (χ1) is 11.6. The van der Waals surface area contributed by atoms with Gasteiger partial charge in [-0.2, -0.15) is 0 Å². The highest BCUT2D eigenvalue weighted by molar-refractivity contribution is 5.93. The number of nitrogens with one attached hydrogen (secondary N) is 1. The van der Waals surface area contributed by atoms with Crippen molar-refractivity contribution < 1.29 is 13.9 Å². The average molecular weight is 332 g/mol. The summed E-state index contributed by atoms with van der Waals surface area (Å²) >= 11 is 0. The molecule has 0 saturated carbocycles. The van der Waals surface area contributed by atoms with Gasteiger partial charge in [0.15, 0.2) is 0 Å². The number of nitrogens with zero attached hydrogens (tertiary/aromatic N) is 3. The number of amides is 1. The summed E-state index contributed by atoms with van der Waals surface area (Å²) in [5, 5.41) is 2.99. The van der Waals surface area contributed by atoms with Crippen LogP contribution in [0.4, 0.5) is 4.39 Å². The lowest BCUT2D eigenvalue weighted by Crippen LogP contribution is -2.46. The number of benzene rings is 1. The molecular formula is C17H21FN4O2. The Hall–Kier alpha value is -2.25. The van der Waals surface area contributed by atoms with Gasteiger partial charge >= 0.3 is 0 Å². The summed E-state index contributed by atoms with van der Waals surface area (Å²) in [6, 6.07) is 5.96. The summed E-state index contributed by atoms with van der Waals surface area (Å²) in [5.74, 6) is -0.512. The van der Waals surface area contributed by atoms with E-state index in [1.807, 2.05) is 6.92 Å². The number of rotatable bonds is 5. The van der Waals surface area contributed by atoms with E-state index in [2.05, 4.69) is 15.2 Å². The monoisotopic (exact) mass is 332 g/mol. The van der Waals surface area contributed by atoms with Crippen LogP contribution in [0.15, 0.2) is 36.8 Å². The first kappa shape index (κ1) is 16.6. The molecule has 1 aromatic carbocycles. The molecule has 0 radical (unpaired) electrons. The van der Waals surface area contributed by atoms with Gasteiger partial charge in [0, 0.05) is 31.4 Å². The second-order valence-corrected chi connectivity index (χ2v) is 5.91. The average Bonchev–Trinajstić information content (AvgIpc) is 3.06. The van der Waals surface area contributed by atoms with Gasteiger partial charge in [0.2, 0.25) is 0 Å². The van der Waals surface area contributed by atoms with E-state index in [1.165, 1.54) is 18.3 Å². The Morgan fingerprint density at radius 3 is 2.75 bits per heavy atom. The third kappa shape index (κ3) is 3.98. The fraction of sp³-hybridized carbons (Fsp3) is 0.412. The predicted molar refractivity (Wildman–Crippen MR) is 87.7 cm³/mol. The van der Waals surface area contributed by atoms with Crippen LogP contribution in [0.25, 0.3) is 5.69 Å². The third-order valence-electron chi connectivity index (χ3n) is 3.99. The smallest absolute Gasteiger partial charge is 0.270 e. The lowest BCUT2D eigenvalue weighted by atomic mass is 10.2. The number of imidazole rings is 1. The summed E-state index contributed by atoms with van der Waals surface area (Å²) < 4.78 is 20.0. The minimum atomic E-state index is -0.316. The lowest BCUT2D eigenvalue weighted by molar-refractivity contribution is 0.0342. The molecule has 0 bridgehead atoms. The Bertz CT molecular complexity index is 680. The van der Waals surface area contributed by atoms with E-state index in [0.29, 0.717) is 11.4 Å². The third-order valence-corrected chi connectivity index (χ3v) is 3.99. The van der Waals surface area contributed by atoms with Crippen molar-refractivity contribution in [2.24, 2.45) is 0 Å². The number of carbonyl (C=O) groups is 1. The number of carbonyl (C=O) groups excluding carboxylic acids is 1. The Morgan fingerprint density at radius 2 is 2.04 bits per heavy atom. The molecule has 1 saturated heterocycles. The van der Waals surface area contributed by atoms with E-state index < -0.39 is 0 Å². The van der Waals surface area contributed by atoms with E-state index in [0.717, 1.165) is 32.8 Å². The molecule has 24 heavy (non-hydrogen) atoms. The molecule has 128 valence electrons. The molecule has 1 unspecified atom stereocenters. The van der Waals surface area contributed by atoms with Crippen LogP contribution in [0.1, 0.15) is 17.4 Å². The first-order valence-electron chi connectivity index (χ1n) is 8.03. The van der Waals surface area contributed by atoms with E-state index in [1.54, 1.807) is 23.0 Å². The zero-order chi connectivity index (χ0) is 16.9. The Morgan fingerprint density at radius 1 is 1.33 bits per heavy atom. The van der Waals surface area contributed by atoms with Gasteiger partial charge in [0.05, 0.1) is 25.7 Å². The largest absolute Gasteiger partial charge is 0.379 e. The molecule has 2 aromatic rings. The molecule has 6 nitrogen and oxygen atoms in total. The maximum Gasteiger partial charge on any atom is 0.270 e. The molecule has 1 aromatic heterocycles. The number of hydrogen-bond donors (Lipinski definition) is 1. The summed E-state index contributed by atoms with van der Waals surface area (Å²) in [6.45, 7) is 5.99. The molecule has 0 aliphatic carbocycles. The van der Waals surface area contributed by atoms with Gasteiger partial charge in [0.25, 0.3) is 5.91 Å². The first-order valence-corrected chi connectivity index (χ1v) is 8.03. The van der Waals surface area contributed by atoms with E-state index in [4.69, 9.17) is 4.74 Å². The summed E-state index contributed by atoms with van der Waals surface area (Å²) in [7, 11) is 0. The zero-order valence-electron chi connectivity index (χ0n) is 13.6. The topological polar surface area (TPSA) is 59.4 Å². The highest BCUT2D eigenvalue weighted by Gasteiger charge is 2.18. The van der Waals surface area contributed by atoms with Crippen molar-refractivity contribution >= 4 is 5.91 Å². The normalized spacial score (nSPS) is 16.8. The molecule has 1 fully saturated rings. The Kier molecular flexibility index (Phi) is 5.22. The van der Waals surface area contributed by atoms with Crippen molar-refractivity contribution in [3.63, 3.8) is 0 Å². The van der Waals surface area contributed by atoms with E-state index in [9.17, 15) is 9.18 Å². The number of morpholine rings is 1. The van der Waals surface area contributed by atoms with Crippen LogP contribution in [-0.4, -0.2) is 59.2 Å². The van der Waals surface area contributed by atoms with Crippen molar-refractivity contribution in [2.45, 2.75) is 13.0 Å². The van der Waals surface area contributed by atoms with Gasteiger partial charge in [-0.05, 0) is 31.2 Å². The summed E-state index contributed by atoms with van der Waals surface area (Å²) in [4.78, 5) is 18.8. The molecule has 0 spiro atoms. The Balaban J connectivity index is 1.65. The maximum absolute atomic E-state index is 13.1. The van der Waals surface area contributed by atoms with Gasteiger partial charge < -0.3 is 10.1 Å². The van der Waals surface area contributed by atoms with Crippen LogP contribution in [0.5, 0.6) is 0 Å². The van der Waals surface area contributed by atoms with Crippen molar-refractivity contribution in [2.75, 3.05) is 32.8 Å². The molecule has 1 amide bonds. The molecule has 1 aliphatic rings. The van der Waals surface area contributed by atoms with Crippen molar-refractivity contribution in [1.82, 2.24) is 19.8 Å². The van der Waals surface area contributed by atoms with Crippen LogP contribution in [0.2, 0.25) is 0 Å². The Labute approximate surface area is 140 Å². The zero-order valence-corrected chi connectivity index (χ0v) is 13.6. The van der Waals surface area contributed by atoms with Gasteiger partial charge in [-0.1, -0.05) is 0 Å². The predicted octanol–water partition coefficient (Wildman–Crippen LogP) is 1.46. The molecule has 7 heteroatoms. The second-order valence-electron chi connectivity index (χ2n) is 5.91. The molecule has 1 atom stereocenters. The number of hydrogen-bond acceptors (Lipinski definition) is 4. The van der Waals surface area contributed by atoms with Gasteiger partial charge in [-0.25, -0.2) is 9.37 Å². The number of aromatic nitrogens is 2. The maximum atomic E-state index is 13.1. The van der Waals surface area contributed by atoms with Crippen molar-refractivity contribution in [3.8, 4) is 5.69 Å². The second kappa shape index (κ2) is 7.55. The summed E-state index contributed by atoms with van der Waals surface area (Å²) in [5.41, 5.74) is 1.12. The van der Waals surface area contributed by atoms with Gasteiger partial charge in [-0.3, -0.25) is 14.3 Å². The van der Waals surface area contributed by atoms with Gasteiger partial charge in [0.1, 0.15) is 11.5 Å². The highest BCUT2D eigenvalue weighted by atomic mass is 19.1. The molecule has 2 heterocycles. The fourth-order valence-corrected chi connectivity index (χ4v) is 2.78. The highest BCUT2D eigenvalue weighted by Crippen LogP contribution is 2.12. The van der Waals surface area contributed by atoms with Crippen LogP contribution >= 0.6 is 0 Å². The molecule has 1 aliphatic heterocycles. The van der Waals surface area contributed by atoms with Crippen LogP contribution in [-0.2, 0) is 4.74 Å². The fourth-order valence-electron chi connectivity index (χ4n) is 2.78. The SMILES string of the molecule is CC(CN1CCOCC1)NC(=O)c1cncn1-c1ccc(F)cc1. The number of halogens is 1. The van der Waals surface area contributed by atoms with E-state index >= 15 is 0 Å². The van der Waals surface area contributed by atoms with Crippen LogP contribution in [0, 0.1) is 5.82 Å². The van der Waals surface area contributed by atoms with Crippen LogP contribution in [0.3, 0.4) is 0 Å². The van der Waals surface area contributed by atoms with Crippen molar-refractivity contribution in [3.05, 3.63) is 48.3 Å². The van der Waals surface area contributed by atoms with Gasteiger partial charge in [-0.15, -0.1) is 0 Å².